The SMILES string of the molecule is CCCC(=O)NCC1(C(/C=C\C(C)(C)C)=N/SC)CCCCC1.CN.Cc1c[nH]c2ccccc12. The lowest BCUT2D eigenvalue weighted by Crippen LogP contribution is -2.43. The molecule has 0 spiro atoms. The van der Waals surface area contributed by atoms with Crippen molar-refractivity contribution in [1.82, 2.24) is 10.3 Å². The molecule has 0 saturated heterocycles. The van der Waals surface area contributed by atoms with Gasteiger partial charge in [-0.05, 0) is 68.3 Å². The molecule has 1 aliphatic rings. The van der Waals surface area contributed by atoms with Crippen LogP contribution in [0.5, 0.6) is 0 Å². The van der Waals surface area contributed by atoms with Crippen LogP contribution in [0.4, 0.5) is 0 Å². The van der Waals surface area contributed by atoms with Crippen molar-refractivity contribution in [3.05, 3.63) is 48.2 Å². The summed E-state index contributed by atoms with van der Waals surface area (Å²) in [4.78, 5) is 15.1. The molecule has 0 radical (unpaired) electrons. The number of aryl methyl sites for hydroxylation is 1. The van der Waals surface area contributed by atoms with E-state index < -0.39 is 0 Å². The predicted octanol–water partition coefficient (Wildman–Crippen LogP) is 7.23. The van der Waals surface area contributed by atoms with Crippen LogP contribution in [0.3, 0.4) is 0 Å². The molecule has 1 aromatic carbocycles. The molecule has 4 N–H and O–H groups in total. The monoisotopic (exact) mass is 500 g/mol. The van der Waals surface area contributed by atoms with E-state index in [0.717, 1.165) is 31.5 Å². The van der Waals surface area contributed by atoms with Gasteiger partial charge >= 0.3 is 0 Å². The molecule has 1 fully saturated rings. The van der Waals surface area contributed by atoms with Gasteiger partial charge in [-0.3, -0.25) is 4.79 Å². The van der Waals surface area contributed by atoms with E-state index in [4.69, 9.17) is 4.40 Å². The summed E-state index contributed by atoms with van der Waals surface area (Å²) in [6, 6.07) is 8.31. The van der Waals surface area contributed by atoms with Gasteiger partial charge in [-0.15, -0.1) is 0 Å². The standard InChI is InChI=1S/C19H34N2OS.C9H9N.CH5N/c1-6-10-17(22)20-15-19(12-8-7-9-13-19)16(21-23-5)11-14-18(2,3)4;1-7-6-10-9-5-3-2-4-8(7)9;1-2/h11,14H,6-10,12-13,15H2,1-5H3,(H,20,22);2-6,10H,1H3;2H2,1H3/b14-11-,21-16+;;. The molecular weight excluding hydrogens is 452 g/mol. The first-order chi connectivity index (χ1) is 16.7. The van der Waals surface area contributed by atoms with E-state index in [1.54, 1.807) is 0 Å². The average Bonchev–Trinajstić information content (AvgIpc) is 3.23. The summed E-state index contributed by atoms with van der Waals surface area (Å²) in [5.74, 6) is 0.167. The van der Waals surface area contributed by atoms with Gasteiger partial charge in [0, 0.05) is 41.7 Å². The van der Waals surface area contributed by atoms with Gasteiger partial charge in [-0.2, -0.15) is 0 Å². The molecule has 0 atom stereocenters. The maximum absolute atomic E-state index is 12.0. The minimum atomic E-state index is 0.00636. The summed E-state index contributed by atoms with van der Waals surface area (Å²) in [6.45, 7) is 11.5. The lowest BCUT2D eigenvalue weighted by Gasteiger charge is -2.38. The highest BCUT2D eigenvalue weighted by Crippen LogP contribution is 2.39. The number of fused-ring (bicyclic) bond motifs is 1. The zero-order valence-corrected chi connectivity index (χ0v) is 23.9. The number of aromatic amines is 1. The van der Waals surface area contributed by atoms with E-state index in [1.165, 1.54) is 54.7 Å². The Morgan fingerprint density at radius 3 is 2.43 bits per heavy atom. The number of rotatable bonds is 7. The van der Waals surface area contributed by atoms with Crippen molar-refractivity contribution < 1.29 is 4.79 Å². The second-order valence-corrected chi connectivity index (χ2v) is 10.8. The molecule has 0 aliphatic heterocycles. The largest absolute Gasteiger partial charge is 0.361 e. The molecule has 0 bridgehead atoms. The van der Waals surface area contributed by atoms with Crippen LogP contribution in [-0.4, -0.2) is 36.5 Å². The van der Waals surface area contributed by atoms with Gasteiger partial charge in [0.15, 0.2) is 0 Å². The number of benzene rings is 1. The van der Waals surface area contributed by atoms with E-state index in [0.29, 0.717) is 6.42 Å². The quantitative estimate of drug-likeness (QED) is 0.277. The van der Waals surface area contributed by atoms with E-state index in [9.17, 15) is 4.79 Å². The Morgan fingerprint density at radius 2 is 1.86 bits per heavy atom. The zero-order chi connectivity index (χ0) is 26.3. The van der Waals surface area contributed by atoms with Gasteiger partial charge in [0.25, 0.3) is 0 Å². The van der Waals surface area contributed by atoms with Gasteiger partial charge in [-0.25, -0.2) is 4.40 Å². The molecule has 1 aliphatic carbocycles. The van der Waals surface area contributed by atoms with Gasteiger partial charge in [0.2, 0.25) is 5.91 Å². The second-order valence-electron chi connectivity index (χ2n) is 10.2. The van der Waals surface area contributed by atoms with Crippen LogP contribution in [0, 0.1) is 17.8 Å². The maximum atomic E-state index is 12.0. The second kappa shape index (κ2) is 15.8. The number of allylic oxidation sites excluding steroid dienone is 2. The van der Waals surface area contributed by atoms with E-state index in [2.05, 4.69) is 74.1 Å². The van der Waals surface area contributed by atoms with Crippen molar-refractivity contribution in [2.45, 2.75) is 79.6 Å². The fourth-order valence-corrected chi connectivity index (χ4v) is 4.73. The van der Waals surface area contributed by atoms with Crippen LogP contribution < -0.4 is 11.1 Å². The number of carbonyl (C=O) groups is 1. The lowest BCUT2D eigenvalue weighted by atomic mass is 9.70. The molecule has 1 aromatic heterocycles. The Labute approximate surface area is 218 Å². The first-order valence-electron chi connectivity index (χ1n) is 12.9. The third-order valence-electron chi connectivity index (χ3n) is 6.18. The van der Waals surface area contributed by atoms with Crippen molar-refractivity contribution in [3.8, 4) is 0 Å². The number of H-pyrrole nitrogens is 1. The Kier molecular flexibility index (Phi) is 14.0. The number of amides is 1. The third-order valence-corrected chi connectivity index (χ3v) is 6.56. The summed E-state index contributed by atoms with van der Waals surface area (Å²) in [5.41, 5.74) is 8.33. The predicted molar refractivity (Wildman–Crippen MR) is 156 cm³/mol. The first-order valence-corrected chi connectivity index (χ1v) is 14.1. The molecule has 0 unspecified atom stereocenters. The number of nitrogens with two attached hydrogens (primary N) is 1. The number of nitrogens with zero attached hydrogens (tertiary/aromatic N) is 1. The zero-order valence-electron chi connectivity index (χ0n) is 23.0. The summed E-state index contributed by atoms with van der Waals surface area (Å²) in [7, 11) is 1.50. The molecule has 35 heavy (non-hydrogen) atoms. The van der Waals surface area contributed by atoms with Crippen molar-refractivity contribution in [3.63, 3.8) is 0 Å². The van der Waals surface area contributed by atoms with E-state index in [1.807, 2.05) is 25.4 Å². The van der Waals surface area contributed by atoms with E-state index >= 15 is 0 Å². The molecule has 6 heteroatoms. The molecule has 5 nitrogen and oxygen atoms in total. The number of aromatic nitrogens is 1. The minimum Gasteiger partial charge on any atom is -0.361 e. The highest BCUT2D eigenvalue weighted by atomic mass is 32.2. The number of carbonyl (C=O) groups excluding carboxylic acids is 1. The summed E-state index contributed by atoms with van der Waals surface area (Å²) in [5, 5.41) is 4.49. The highest BCUT2D eigenvalue weighted by molar-refractivity contribution is 7.97. The molecule has 2 aromatic rings. The van der Waals surface area contributed by atoms with Crippen LogP contribution in [-0.2, 0) is 4.79 Å². The fraction of sp³-hybridized carbons (Fsp3) is 0.586. The lowest BCUT2D eigenvalue weighted by molar-refractivity contribution is -0.121. The Hall–Kier alpha value is -2.05. The van der Waals surface area contributed by atoms with Gasteiger partial charge in [0.05, 0.1) is 5.71 Å². The Bertz CT molecular complexity index is 934. The molecular formula is C29H48N4OS. The van der Waals surface area contributed by atoms with Gasteiger partial charge in [-0.1, -0.05) is 71.2 Å². The molecule has 1 saturated carbocycles. The van der Waals surface area contributed by atoms with Gasteiger partial charge in [0.1, 0.15) is 0 Å². The topological polar surface area (TPSA) is 83.3 Å². The minimum absolute atomic E-state index is 0.00636. The van der Waals surface area contributed by atoms with Crippen LogP contribution in [0.15, 0.2) is 47.0 Å². The van der Waals surface area contributed by atoms with E-state index in [-0.39, 0.29) is 16.7 Å². The van der Waals surface area contributed by atoms with Crippen LogP contribution in [0.25, 0.3) is 10.9 Å². The van der Waals surface area contributed by atoms with Crippen molar-refractivity contribution in [2.24, 2.45) is 21.0 Å². The molecule has 196 valence electrons. The highest BCUT2D eigenvalue weighted by Gasteiger charge is 2.36. The number of hydrogen-bond acceptors (Lipinski definition) is 4. The number of nitrogens with one attached hydrogen (secondary N) is 2. The first kappa shape index (κ1) is 31.0. The van der Waals surface area contributed by atoms with Crippen LogP contribution in [0.1, 0.15) is 78.2 Å². The fourth-order valence-electron chi connectivity index (χ4n) is 4.28. The molecule has 1 amide bonds. The summed E-state index contributed by atoms with van der Waals surface area (Å²) >= 11 is 1.52. The smallest absolute Gasteiger partial charge is 0.220 e. The third kappa shape index (κ3) is 10.6. The Balaban J connectivity index is 0.000000418. The maximum Gasteiger partial charge on any atom is 0.220 e. The van der Waals surface area contributed by atoms with Gasteiger partial charge < -0.3 is 16.0 Å². The average molecular weight is 501 g/mol. The van der Waals surface area contributed by atoms with Crippen LogP contribution in [0.2, 0.25) is 0 Å². The number of hydrogen-bond donors (Lipinski definition) is 3. The Morgan fingerprint density at radius 1 is 1.20 bits per heavy atom. The van der Waals surface area contributed by atoms with Crippen molar-refractivity contribution in [2.75, 3.05) is 19.8 Å². The van der Waals surface area contributed by atoms with Crippen molar-refractivity contribution in [1.29, 1.82) is 0 Å². The molecule has 1 heterocycles. The van der Waals surface area contributed by atoms with Crippen LogP contribution >= 0.6 is 11.9 Å². The normalized spacial score (nSPS) is 15.7. The number of para-hydroxylation sites is 1. The van der Waals surface area contributed by atoms with Crippen molar-refractivity contribution >= 4 is 34.5 Å². The summed E-state index contributed by atoms with van der Waals surface area (Å²) < 4.78 is 4.74. The summed E-state index contributed by atoms with van der Waals surface area (Å²) in [6.07, 6.45) is 16.0. The molecule has 3 rings (SSSR count).